The molecule has 1 fully saturated rings. The van der Waals surface area contributed by atoms with Gasteiger partial charge in [0.25, 0.3) is 0 Å². The zero-order chi connectivity index (χ0) is 13.0. The van der Waals surface area contributed by atoms with Crippen LogP contribution in [0.4, 0.5) is 0 Å². The Balaban J connectivity index is 1.75. The van der Waals surface area contributed by atoms with Crippen LogP contribution in [0.1, 0.15) is 38.4 Å². The molecule has 1 amide bonds. The van der Waals surface area contributed by atoms with Crippen molar-refractivity contribution in [3.8, 4) is 0 Å². The molecule has 0 aliphatic heterocycles. The molecule has 2 rings (SSSR count). The van der Waals surface area contributed by atoms with Gasteiger partial charge in [-0.3, -0.25) is 10.1 Å². The Morgan fingerprint density at radius 2 is 2.28 bits per heavy atom. The van der Waals surface area contributed by atoms with Crippen molar-refractivity contribution in [3.63, 3.8) is 0 Å². The lowest BCUT2D eigenvalue weighted by Crippen LogP contribution is -2.45. The highest BCUT2D eigenvalue weighted by atomic mass is 16.2. The molecule has 6 nitrogen and oxygen atoms in total. The lowest BCUT2D eigenvalue weighted by molar-refractivity contribution is -0.123. The topological polar surface area (TPSA) is 71.8 Å². The number of rotatable bonds is 5. The van der Waals surface area contributed by atoms with Gasteiger partial charge in [0, 0.05) is 13.1 Å². The van der Waals surface area contributed by atoms with Gasteiger partial charge in [0.15, 0.2) is 0 Å². The molecule has 0 radical (unpaired) electrons. The van der Waals surface area contributed by atoms with E-state index in [-0.39, 0.29) is 11.9 Å². The third kappa shape index (κ3) is 3.29. The van der Waals surface area contributed by atoms with E-state index in [1.54, 1.807) is 6.33 Å². The molecular formula is C12H21N5O. The van der Waals surface area contributed by atoms with Gasteiger partial charge in [-0.15, -0.1) is 10.2 Å². The van der Waals surface area contributed by atoms with Crippen molar-refractivity contribution in [2.45, 2.75) is 51.2 Å². The molecule has 100 valence electrons. The molecule has 1 atom stereocenters. The van der Waals surface area contributed by atoms with Gasteiger partial charge >= 0.3 is 0 Å². The maximum atomic E-state index is 11.9. The van der Waals surface area contributed by atoms with Gasteiger partial charge < -0.3 is 9.88 Å². The van der Waals surface area contributed by atoms with E-state index in [0.29, 0.717) is 12.6 Å². The van der Waals surface area contributed by atoms with E-state index in [2.05, 4.69) is 20.8 Å². The summed E-state index contributed by atoms with van der Waals surface area (Å²) in [7, 11) is 1.89. The fraction of sp³-hybridized carbons (Fsp3) is 0.750. The first kappa shape index (κ1) is 13.0. The lowest BCUT2D eigenvalue weighted by atomic mass is 10.2. The highest BCUT2D eigenvalue weighted by molar-refractivity contribution is 5.81. The monoisotopic (exact) mass is 251 g/mol. The van der Waals surface area contributed by atoms with E-state index in [9.17, 15) is 4.79 Å². The summed E-state index contributed by atoms with van der Waals surface area (Å²) in [6, 6.07) is 0.166. The molecule has 0 spiro atoms. The maximum Gasteiger partial charge on any atom is 0.237 e. The van der Waals surface area contributed by atoms with Crippen LogP contribution in [-0.4, -0.2) is 32.8 Å². The molecule has 1 aromatic heterocycles. The van der Waals surface area contributed by atoms with Crippen molar-refractivity contribution < 1.29 is 4.79 Å². The fourth-order valence-corrected chi connectivity index (χ4v) is 2.20. The number of hydrogen-bond acceptors (Lipinski definition) is 4. The Morgan fingerprint density at radius 3 is 2.89 bits per heavy atom. The zero-order valence-electron chi connectivity index (χ0n) is 11.0. The Kier molecular flexibility index (Phi) is 4.30. The Labute approximate surface area is 107 Å². The summed E-state index contributed by atoms with van der Waals surface area (Å²) in [5, 5.41) is 14.0. The lowest BCUT2D eigenvalue weighted by Gasteiger charge is -2.17. The predicted molar refractivity (Wildman–Crippen MR) is 67.7 cm³/mol. The summed E-state index contributed by atoms with van der Waals surface area (Å²) in [4.78, 5) is 11.9. The third-order valence-corrected chi connectivity index (χ3v) is 3.47. The van der Waals surface area contributed by atoms with Crippen molar-refractivity contribution in [1.29, 1.82) is 0 Å². The van der Waals surface area contributed by atoms with Crippen molar-refractivity contribution in [2.24, 2.45) is 7.05 Å². The Hall–Kier alpha value is -1.43. The number of hydrogen-bond donors (Lipinski definition) is 2. The number of aromatic nitrogens is 3. The highest BCUT2D eigenvalue weighted by Crippen LogP contribution is 2.17. The quantitative estimate of drug-likeness (QED) is 0.792. The Morgan fingerprint density at radius 1 is 1.56 bits per heavy atom. The first-order chi connectivity index (χ1) is 8.66. The third-order valence-electron chi connectivity index (χ3n) is 3.47. The molecule has 1 aliphatic carbocycles. The van der Waals surface area contributed by atoms with Crippen LogP contribution < -0.4 is 10.6 Å². The normalized spacial score (nSPS) is 17.9. The molecule has 1 aliphatic rings. The van der Waals surface area contributed by atoms with E-state index >= 15 is 0 Å². The molecule has 2 N–H and O–H groups in total. The SMILES string of the molecule is CC(NCc1nncn1C)C(=O)NC1CCCC1. The van der Waals surface area contributed by atoms with Gasteiger partial charge in [0.2, 0.25) is 5.91 Å². The highest BCUT2D eigenvalue weighted by Gasteiger charge is 2.20. The summed E-state index contributed by atoms with van der Waals surface area (Å²) in [5.74, 6) is 0.902. The summed E-state index contributed by atoms with van der Waals surface area (Å²) >= 11 is 0. The molecule has 1 aromatic rings. The fourth-order valence-electron chi connectivity index (χ4n) is 2.20. The summed E-state index contributed by atoms with van der Waals surface area (Å²) < 4.78 is 1.84. The second kappa shape index (κ2) is 5.95. The smallest absolute Gasteiger partial charge is 0.237 e. The van der Waals surface area contributed by atoms with Crippen LogP contribution in [0.5, 0.6) is 0 Å². The minimum absolute atomic E-state index is 0.0732. The van der Waals surface area contributed by atoms with Crippen LogP contribution in [0.3, 0.4) is 0 Å². The van der Waals surface area contributed by atoms with Gasteiger partial charge in [-0.25, -0.2) is 0 Å². The number of carbonyl (C=O) groups excluding carboxylic acids is 1. The van der Waals surface area contributed by atoms with Crippen LogP contribution in [0, 0.1) is 0 Å². The second-order valence-corrected chi connectivity index (χ2v) is 4.95. The van der Waals surface area contributed by atoms with Crippen LogP contribution in [0.25, 0.3) is 0 Å². The predicted octanol–water partition coefficient (Wildman–Crippen LogP) is 0.352. The van der Waals surface area contributed by atoms with E-state index in [1.807, 2.05) is 18.5 Å². The van der Waals surface area contributed by atoms with Crippen molar-refractivity contribution in [3.05, 3.63) is 12.2 Å². The largest absolute Gasteiger partial charge is 0.352 e. The maximum absolute atomic E-state index is 11.9. The van der Waals surface area contributed by atoms with Gasteiger partial charge in [-0.05, 0) is 19.8 Å². The molecule has 0 aromatic carbocycles. The number of carbonyl (C=O) groups is 1. The minimum atomic E-state index is -0.206. The molecule has 1 heterocycles. The first-order valence-electron chi connectivity index (χ1n) is 6.53. The number of nitrogens with zero attached hydrogens (tertiary/aromatic N) is 3. The van der Waals surface area contributed by atoms with E-state index < -0.39 is 0 Å². The number of aryl methyl sites for hydroxylation is 1. The molecule has 18 heavy (non-hydrogen) atoms. The molecular weight excluding hydrogens is 230 g/mol. The van der Waals surface area contributed by atoms with E-state index in [0.717, 1.165) is 18.7 Å². The van der Waals surface area contributed by atoms with Gasteiger partial charge in [-0.1, -0.05) is 12.8 Å². The molecule has 6 heteroatoms. The van der Waals surface area contributed by atoms with Gasteiger partial charge in [0.1, 0.15) is 12.2 Å². The van der Waals surface area contributed by atoms with Crippen molar-refractivity contribution in [2.75, 3.05) is 0 Å². The number of amides is 1. The van der Waals surface area contributed by atoms with E-state index in [1.165, 1.54) is 12.8 Å². The molecule has 1 unspecified atom stereocenters. The molecule has 0 saturated heterocycles. The first-order valence-corrected chi connectivity index (χ1v) is 6.53. The second-order valence-electron chi connectivity index (χ2n) is 4.95. The average molecular weight is 251 g/mol. The van der Waals surface area contributed by atoms with Crippen LogP contribution >= 0.6 is 0 Å². The zero-order valence-corrected chi connectivity index (χ0v) is 11.0. The van der Waals surface area contributed by atoms with Crippen LogP contribution in [0.2, 0.25) is 0 Å². The van der Waals surface area contributed by atoms with Crippen LogP contribution in [-0.2, 0) is 18.4 Å². The summed E-state index contributed by atoms with van der Waals surface area (Å²) in [5.41, 5.74) is 0. The van der Waals surface area contributed by atoms with Gasteiger partial charge in [-0.2, -0.15) is 0 Å². The van der Waals surface area contributed by atoms with Gasteiger partial charge in [0.05, 0.1) is 12.6 Å². The minimum Gasteiger partial charge on any atom is -0.352 e. The standard InChI is InChI=1S/C12H21N5O/c1-9(12(18)15-10-5-3-4-6-10)13-7-11-16-14-8-17(11)2/h8-10,13H,3-7H2,1-2H3,(H,15,18). The Bertz CT molecular complexity index is 397. The van der Waals surface area contributed by atoms with E-state index in [4.69, 9.17) is 0 Å². The average Bonchev–Trinajstić information content (AvgIpc) is 2.98. The van der Waals surface area contributed by atoms with Crippen molar-refractivity contribution >= 4 is 5.91 Å². The molecule has 1 saturated carbocycles. The summed E-state index contributed by atoms with van der Waals surface area (Å²) in [6.45, 7) is 2.43. The molecule has 0 bridgehead atoms. The van der Waals surface area contributed by atoms with Crippen LogP contribution in [0.15, 0.2) is 6.33 Å². The van der Waals surface area contributed by atoms with Crippen molar-refractivity contribution in [1.82, 2.24) is 25.4 Å². The number of nitrogens with one attached hydrogen (secondary N) is 2. The summed E-state index contributed by atoms with van der Waals surface area (Å²) in [6.07, 6.45) is 6.33.